The lowest BCUT2D eigenvalue weighted by Crippen LogP contribution is -2.10. The van der Waals surface area contributed by atoms with Crippen LogP contribution in [0.2, 0.25) is 0 Å². The molecule has 0 radical (unpaired) electrons. The second-order valence-electron chi connectivity index (χ2n) is 7.14. The Morgan fingerprint density at radius 1 is 1.21 bits per heavy atom. The average molecular weight is 419 g/mol. The number of aromatic nitrogens is 2. The summed E-state index contributed by atoms with van der Waals surface area (Å²) < 4.78 is 1.89. The van der Waals surface area contributed by atoms with Gasteiger partial charge in [-0.3, -0.25) is 4.79 Å². The normalized spacial score (nSPS) is 13.2. The molecule has 1 aliphatic rings. The van der Waals surface area contributed by atoms with Crippen molar-refractivity contribution >= 4 is 43.8 Å². The molecule has 7 heteroatoms. The van der Waals surface area contributed by atoms with Crippen LogP contribution in [0.15, 0.2) is 36.4 Å². The SMILES string of the molecule is Cc1nn(-c2ccccc2)c2sc(C(=O)Nc3sc4c(c3C#N)CCCC4)cc12. The van der Waals surface area contributed by atoms with Gasteiger partial charge in [-0.1, -0.05) is 18.2 Å². The van der Waals surface area contributed by atoms with Crippen LogP contribution in [-0.4, -0.2) is 15.7 Å². The zero-order chi connectivity index (χ0) is 20.0. The number of hydrogen-bond acceptors (Lipinski definition) is 5. The zero-order valence-electron chi connectivity index (χ0n) is 15.9. The Morgan fingerprint density at radius 2 is 2.00 bits per heavy atom. The van der Waals surface area contributed by atoms with Gasteiger partial charge < -0.3 is 5.32 Å². The number of benzene rings is 1. The first-order valence-corrected chi connectivity index (χ1v) is 11.2. The summed E-state index contributed by atoms with van der Waals surface area (Å²) in [5, 5.41) is 18.9. The summed E-state index contributed by atoms with van der Waals surface area (Å²) in [7, 11) is 0. The Kier molecular flexibility index (Phi) is 4.46. The molecule has 1 aliphatic carbocycles. The smallest absolute Gasteiger partial charge is 0.266 e. The molecule has 3 heterocycles. The minimum absolute atomic E-state index is 0.166. The lowest BCUT2D eigenvalue weighted by Gasteiger charge is -2.09. The van der Waals surface area contributed by atoms with E-state index in [1.807, 2.05) is 48.0 Å². The van der Waals surface area contributed by atoms with Gasteiger partial charge in [0.1, 0.15) is 15.9 Å². The number of amides is 1. The number of aryl methyl sites for hydroxylation is 2. The molecule has 5 nitrogen and oxygen atoms in total. The molecule has 0 spiro atoms. The van der Waals surface area contributed by atoms with E-state index >= 15 is 0 Å². The molecule has 0 unspecified atom stereocenters. The van der Waals surface area contributed by atoms with Gasteiger partial charge in [0.15, 0.2) is 0 Å². The molecule has 0 saturated carbocycles. The predicted molar refractivity (Wildman–Crippen MR) is 117 cm³/mol. The summed E-state index contributed by atoms with van der Waals surface area (Å²) in [6.45, 7) is 1.96. The van der Waals surface area contributed by atoms with E-state index in [4.69, 9.17) is 0 Å². The molecular formula is C22H18N4OS2. The molecule has 1 aromatic carbocycles. The number of fused-ring (bicyclic) bond motifs is 2. The quantitative estimate of drug-likeness (QED) is 0.480. The molecule has 0 bridgehead atoms. The van der Waals surface area contributed by atoms with Crippen molar-refractivity contribution in [2.75, 3.05) is 5.32 Å². The van der Waals surface area contributed by atoms with Gasteiger partial charge in [0, 0.05) is 10.3 Å². The number of rotatable bonds is 3. The predicted octanol–water partition coefficient (Wildman–Crippen LogP) is 5.46. The van der Waals surface area contributed by atoms with E-state index in [0.29, 0.717) is 15.4 Å². The molecule has 144 valence electrons. The van der Waals surface area contributed by atoms with Gasteiger partial charge in [-0.25, -0.2) is 4.68 Å². The molecule has 0 fully saturated rings. The van der Waals surface area contributed by atoms with Gasteiger partial charge in [-0.15, -0.1) is 22.7 Å². The fourth-order valence-electron chi connectivity index (χ4n) is 3.84. The molecule has 29 heavy (non-hydrogen) atoms. The van der Waals surface area contributed by atoms with Crippen LogP contribution in [0.3, 0.4) is 0 Å². The molecule has 0 atom stereocenters. The number of para-hydroxylation sites is 1. The summed E-state index contributed by atoms with van der Waals surface area (Å²) in [5.41, 5.74) is 3.64. The molecule has 3 aromatic heterocycles. The maximum atomic E-state index is 13.0. The van der Waals surface area contributed by atoms with Gasteiger partial charge >= 0.3 is 0 Å². The number of carbonyl (C=O) groups is 1. The van der Waals surface area contributed by atoms with Crippen molar-refractivity contribution in [1.82, 2.24) is 9.78 Å². The number of nitrogens with one attached hydrogen (secondary N) is 1. The highest BCUT2D eigenvalue weighted by molar-refractivity contribution is 7.21. The van der Waals surface area contributed by atoms with E-state index in [2.05, 4.69) is 16.5 Å². The first kappa shape index (κ1) is 18.1. The summed E-state index contributed by atoms with van der Waals surface area (Å²) in [5.74, 6) is -0.166. The lowest BCUT2D eigenvalue weighted by molar-refractivity contribution is 0.103. The zero-order valence-corrected chi connectivity index (χ0v) is 17.5. The highest BCUT2D eigenvalue weighted by Gasteiger charge is 2.23. The van der Waals surface area contributed by atoms with Gasteiger partial charge in [0.25, 0.3) is 5.91 Å². The number of carbonyl (C=O) groups excluding carboxylic acids is 1. The van der Waals surface area contributed by atoms with E-state index in [1.54, 1.807) is 11.3 Å². The molecule has 1 N–H and O–H groups in total. The van der Waals surface area contributed by atoms with E-state index < -0.39 is 0 Å². The monoisotopic (exact) mass is 418 g/mol. The van der Waals surface area contributed by atoms with Crippen molar-refractivity contribution in [3.05, 3.63) is 63.0 Å². The molecule has 0 aliphatic heterocycles. The summed E-state index contributed by atoms with van der Waals surface area (Å²) in [4.78, 5) is 15.8. The van der Waals surface area contributed by atoms with Crippen LogP contribution in [0.5, 0.6) is 0 Å². The van der Waals surface area contributed by atoms with Crippen LogP contribution >= 0.6 is 22.7 Å². The van der Waals surface area contributed by atoms with Crippen molar-refractivity contribution in [3.8, 4) is 11.8 Å². The topological polar surface area (TPSA) is 70.7 Å². The highest BCUT2D eigenvalue weighted by Crippen LogP contribution is 2.38. The second-order valence-corrected chi connectivity index (χ2v) is 9.28. The Balaban J connectivity index is 1.50. The fourth-order valence-corrected chi connectivity index (χ4v) is 6.15. The summed E-state index contributed by atoms with van der Waals surface area (Å²) in [6, 6.07) is 14.1. The molecule has 5 rings (SSSR count). The summed E-state index contributed by atoms with van der Waals surface area (Å²) in [6.07, 6.45) is 4.19. The largest absolute Gasteiger partial charge is 0.312 e. The Labute approximate surface area is 176 Å². The van der Waals surface area contributed by atoms with Crippen LogP contribution in [0.1, 0.15) is 44.2 Å². The minimum atomic E-state index is -0.166. The third kappa shape index (κ3) is 3.05. The van der Waals surface area contributed by atoms with Crippen LogP contribution in [0, 0.1) is 18.3 Å². The van der Waals surface area contributed by atoms with E-state index in [-0.39, 0.29) is 5.91 Å². The van der Waals surface area contributed by atoms with E-state index in [0.717, 1.165) is 52.8 Å². The summed E-state index contributed by atoms with van der Waals surface area (Å²) >= 11 is 2.98. The standard InChI is InChI=1S/C22H18N4OS2/c1-13-16-11-19(29-22(16)26(25-13)14-7-3-2-4-8-14)20(27)24-21-17(12-23)15-9-5-6-10-18(15)28-21/h2-4,7-8,11H,5-6,9-10H2,1H3,(H,24,27). The first-order valence-electron chi connectivity index (χ1n) is 9.56. The van der Waals surface area contributed by atoms with E-state index in [9.17, 15) is 10.1 Å². The van der Waals surface area contributed by atoms with Gasteiger partial charge in [0.2, 0.25) is 0 Å². The van der Waals surface area contributed by atoms with E-state index in [1.165, 1.54) is 16.2 Å². The third-order valence-electron chi connectivity index (χ3n) is 5.28. The average Bonchev–Trinajstić information content (AvgIpc) is 3.41. The number of anilines is 1. The Bertz CT molecular complexity index is 1270. The van der Waals surface area contributed by atoms with Gasteiger partial charge in [0.05, 0.1) is 21.8 Å². The minimum Gasteiger partial charge on any atom is -0.312 e. The van der Waals surface area contributed by atoms with Crippen molar-refractivity contribution in [2.45, 2.75) is 32.6 Å². The number of thiophene rings is 2. The van der Waals surface area contributed by atoms with Crippen LogP contribution < -0.4 is 5.32 Å². The van der Waals surface area contributed by atoms with Crippen LogP contribution in [-0.2, 0) is 12.8 Å². The molecule has 1 amide bonds. The van der Waals surface area contributed by atoms with Crippen LogP contribution in [0.4, 0.5) is 5.00 Å². The van der Waals surface area contributed by atoms with Gasteiger partial charge in [-0.2, -0.15) is 10.4 Å². The Morgan fingerprint density at radius 3 is 2.79 bits per heavy atom. The van der Waals surface area contributed by atoms with Crippen molar-refractivity contribution < 1.29 is 4.79 Å². The third-order valence-corrected chi connectivity index (χ3v) is 7.60. The fraction of sp³-hybridized carbons (Fsp3) is 0.227. The molecule has 4 aromatic rings. The number of hydrogen-bond donors (Lipinski definition) is 1. The van der Waals surface area contributed by atoms with Crippen LogP contribution in [0.25, 0.3) is 15.9 Å². The number of nitrogens with zero attached hydrogens (tertiary/aromatic N) is 3. The number of nitriles is 1. The van der Waals surface area contributed by atoms with Gasteiger partial charge in [-0.05, 0) is 56.4 Å². The maximum absolute atomic E-state index is 13.0. The van der Waals surface area contributed by atoms with Crippen molar-refractivity contribution in [3.63, 3.8) is 0 Å². The first-order chi connectivity index (χ1) is 14.2. The lowest BCUT2D eigenvalue weighted by atomic mass is 9.96. The highest BCUT2D eigenvalue weighted by atomic mass is 32.1. The maximum Gasteiger partial charge on any atom is 0.266 e. The molecular weight excluding hydrogens is 400 g/mol. The second kappa shape index (κ2) is 7.14. The van der Waals surface area contributed by atoms with Crippen molar-refractivity contribution in [2.24, 2.45) is 0 Å². The molecule has 0 saturated heterocycles. The Hall–Kier alpha value is -2.95. The van der Waals surface area contributed by atoms with Crippen molar-refractivity contribution in [1.29, 1.82) is 5.26 Å².